The van der Waals surface area contributed by atoms with Crippen LogP contribution in [0.1, 0.15) is 12.3 Å². The minimum Gasteiger partial charge on any atom is -0.455 e. The Hall–Kier alpha value is -5.92. The van der Waals surface area contributed by atoms with Crippen LogP contribution in [0, 0.1) is 0 Å². The van der Waals surface area contributed by atoms with Crippen LogP contribution in [0.15, 0.2) is 174 Å². The molecular weight excluding hydrogens is 544 g/mol. The van der Waals surface area contributed by atoms with E-state index in [1.165, 1.54) is 0 Å². The molecule has 45 heavy (non-hydrogen) atoms. The highest BCUT2D eigenvalue weighted by Gasteiger charge is 2.22. The predicted molar refractivity (Wildman–Crippen MR) is 190 cm³/mol. The van der Waals surface area contributed by atoms with Crippen molar-refractivity contribution in [3.05, 3.63) is 170 Å². The number of rotatable bonds is 4. The molecule has 0 saturated carbocycles. The number of fused-ring (bicyclic) bond motifs is 5. The quantitative estimate of drug-likeness (QED) is 0.188. The normalized spacial score (nSPS) is 14.4. The third-order valence-corrected chi connectivity index (χ3v) is 8.49. The molecule has 0 aliphatic rings. The fourth-order valence-corrected chi connectivity index (χ4v) is 6.65. The summed E-state index contributed by atoms with van der Waals surface area (Å²) in [5.74, 6) is 0. The molecule has 0 radical (unpaired) electrons. The minimum atomic E-state index is -0.461. The van der Waals surface area contributed by atoms with Crippen molar-refractivity contribution in [3.8, 4) is 44.5 Å². The van der Waals surface area contributed by atoms with Crippen LogP contribution in [0.5, 0.6) is 0 Å². The number of furan rings is 1. The smallest absolute Gasteiger partial charge is 0.143 e. The Morgan fingerprint density at radius 1 is 0.378 bits per heavy atom. The Bertz CT molecular complexity index is 2960. The van der Waals surface area contributed by atoms with Crippen LogP contribution in [0.4, 0.5) is 0 Å². The molecule has 9 aromatic rings. The maximum absolute atomic E-state index is 9.30. The molecule has 0 amide bonds. The highest BCUT2D eigenvalue weighted by molar-refractivity contribution is 6.26. The zero-order chi connectivity index (χ0) is 37.6. The second-order valence-electron chi connectivity index (χ2n) is 10.9. The van der Waals surface area contributed by atoms with Gasteiger partial charge in [0.15, 0.2) is 0 Å². The number of benzene rings is 8. The number of hydrogen-bond donors (Lipinski definition) is 0. The fraction of sp³-hybridized carbons (Fsp3) is 0. The molecule has 0 aliphatic heterocycles. The van der Waals surface area contributed by atoms with Crippen molar-refractivity contribution in [2.45, 2.75) is 0 Å². The highest BCUT2D eigenvalue weighted by Crippen LogP contribution is 2.48. The molecule has 0 aliphatic carbocycles. The van der Waals surface area contributed by atoms with Crippen molar-refractivity contribution in [2.24, 2.45) is 0 Å². The molecular formula is C44H28O. The van der Waals surface area contributed by atoms with E-state index in [1.54, 1.807) is 12.1 Å². The molecule has 9 rings (SSSR count). The first-order chi connectivity index (χ1) is 26.1. The summed E-state index contributed by atoms with van der Waals surface area (Å²) in [4.78, 5) is 0. The van der Waals surface area contributed by atoms with E-state index in [0.717, 1.165) is 38.1 Å². The van der Waals surface area contributed by atoms with Gasteiger partial charge in [-0.05, 0) is 66.6 Å². The lowest BCUT2D eigenvalue weighted by Gasteiger charge is -2.20. The Kier molecular flexibility index (Phi) is 4.15. The molecule has 0 unspecified atom stereocenters. The maximum Gasteiger partial charge on any atom is 0.143 e. The largest absolute Gasteiger partial charge is 0.455 e. The number of hydrogen-bond acceptors (Lipinski definition) is 1. The molecule has 8 aromatic carbocycles. The van der Waals surface area contributed by atoms with Gasteiger partial charge >= 0.3 is 0 Å². The lowest BCUT2D eigenvalue weighted by molar-refractivity contribution is 0.670. The van der Waals surface area contributed by atoms with Gasteiger partial charge in [0.1, 0.15) is 11.2 Å². The van der Waals surface area contributed by atoms with E-state index in [-0.39, 0.29) is 41.8 Å². The molecule has 0 fully saturated rings. The maximum atomic E-state index is 9.30. The molecule has 1 nitrogen and oxygen atoms in total. The van der Waals surface area contributed by atoms with E-state index in [4.69, 9.17) is 15.4 Å². The summed E-state index contributed by atoms with van der Waals surface area (Å²) < 4.78 is 84.4. The monoisotopic (exact) mass is 581 g/mol. The van der Waals surface area contributed by atoms with Crippen molar-refractivity contribution >= 4 is 43.5 Å². The highest BCUT2D eigenvalue weighted by atomic mass is 16.3. The van der Waals surface area contributed by atoms with Gasteiger partial charge in [-0.2, -0.15) is 0 Å². The summed E-state index contributed by atoms with van der Waals surface area (Å²) in [6.45, 7) is 0. The van der Waals surface area contributed by atoms with Gasteiger partial charge in [-0.1, -0.05) is 164 Å². The van der Waals surface area contributed by atoms with Crippen LogP contribution in [0.25, 0.3) is 88.0 Å². The van der Waals surface area contributed by atoms with E-state index in [2.05, 4.69) is 0 Å². The second-order valence-corrected chi connectivity index (χ2v) is 10.9. The van der Waals surface area contributed by atoms with Gasteiger partial charge in [-0.3, -0.25) is 0 Å². The molecule has 210 valence electrons. The molecule has 0 N–H and O–H groups in total. The van der Waals surface area contributed by atoms with Crippen molar-refractivity contribution in [3.63, 3.8) is 0 Å². The molecule has 0 saturated heterocycles. The van der Waals surface area contributed by atoms with E-state index in [0.29, 0.717) is 44.4 Å². The molecule has 1 aromatic heterocycles. The first-order valence-electron chi connectivity index (χ1n) is 19.2. The molecule has 1 heterocycles. The van der Waals surface area contributed by atoms with Crippen LogP contribution in [-0.4, -0.2) is 0 Å². The first kappa shape index (κ1) is 18.0. The van der Waals surface area contributed by atoms with E-state index < -0.39 is 18.1 Å². The summed E-state index contributed by atoms with van der Waals surface area (Å²) in [6.07, 6.45) is 0. The number of para-hydroxylation sites is 1. The van der Waals surface area contributed by atoms with Gasteiger partial charge in [0.25, 0.3) is 0 Å². The van der Waals surface area contributed by atoms with Gasteiger partial charge in [-0.25, -0.2) is 0 Å². The predicted octanol–water partition coefficient (Wildman–Crippen LogP) is 12.6. The average Bonchev–Trinajstić information content (AvgIpc) is 3.59. The van der Waals surface area contributed by atoms with Crippen LogP contribution in [-0.2, 0) is 0 Å². The molecule has 0 atom stereocenters. The molecule has 1 heteroatoms. The summed E-state index contributed by atoms with van der Waals surface area (Å²) in [7, 11) is 0. The van der Waals surface area contributed by atoms with E-state index >= 15 is 0 Å². The van der Waals surface area contributed by atoms with E-state index in [9.17, 15) is 1.37 Å². The second kappa shape index (κ2) is 10.4. The van der Waals surface area contributed by atoms with Crippen molar-refractivity contribution in [2.75, 3.05) is 0 Å². The van der Waals surface area contributed by atoms with Gasteiger partial charge in [0.05, 0.1) is 12.3 Å². The third-order valence-electron chi connectivity index (χ3n) is 8.49. The Balaban J connectivity index is 1.41. The van der Waals surface area contributed by atoms with E-state index in [1.807, 2.05) is 103 Å². The van der Waals surface area contributed by atoms with Crippen LogP contribution >= 0.6 is 0 Å². The van der Waals surface area contributed by atoms with Gasteiger partial charge in [0, 0.05) is 16.3 Å². The Morgan fingerprint density at radius 3 is 1.60 bits per heavy atom. The topological polar surface area (TPSA) is 13.1 Å². The van der Waals surface area contributed by atoms with Crippen LogP contribution < -0.4 is 0 Å². The third kappa shape index (κ3) is 4.02. The Morgan fingerprint density at radius 2 is 0.911 bits per heavy atom. The lowest BCUT2D eigenvalue weighted by Crippen LogP contribution is -1.93. The standard InChI is InChI=1S/C44H28O/c1-3-15-29(16-4-1)31-19-7-8-20-33(31)41-34-21-9-11-23-36(34)42(37-24-12-10-22-35(37)41)38-26-14-28-40-43(38)39-27-13-25-32(44(39)45-40)30-17-5-2-6-18-30/h1-28H/i2D,5D,6D,7D,8D,17D,18D,19D,20D. The SMILES string of the molecule is [2H]c1c([2H])c([2H])c(-c2cccc3c2oc2cccc(-c4c5ccccc5c(-c5c([2H])c([2H])c([2H])c([2H])c5-c5ccccc5)c5ccccc45)c23)c([2H])c1[2H]. The van der Waals surface area contributed by atoms with Crippen LogP contribution in [0.2, 0.25) is 0 Å². The summed E-state index contributed by atoms with van der Waals surface area (Å²) in [5, 5.41) is 4.83. The summed E-state index contributed by atoms with van der Waals surface area (Å²) in [6, 6.07) is 33.5. The van der Waals surface area contributed by atoms with Crippen molar-refractivity contribution < 1.29 is 16.8 Å². The first-order valence-corrected chi connectivity index (χ1v) is 14.7. The summed E-state index contributed by atoms with van der Waals surface area (Å²) >= 11 is 0. The van der Waals surface area contributed by atoms with Gasteiger partial charge in [0.2, 0.25) is 0 Å². The fourth-order valence-electron chi connectivity index (χ4n) is 6.65. The van der Waals surface area contributed by atoms with Gasteiger partial charge < -0.3 is 4.42 Å². The molecule has 0 bridgehead atoms. The molecule has 0 spiro atoms. The van der Waals surface area contributed by atoms with Crippen molar-refractivity contribution in [1.82, 2.24) is 0 Å². The zero-order valence-electron chi connectivity index (χ0n) is 32.9. The Labute approximate surface area is 274 Å². The zero-order valence-corrected chi connectivity index (χ0v) is 23.9. The minimum absolute atomic E-state index is 0.0640. The lowest BCUT2D eigenvalue weighted by atomic mass is 9.83. The summed E-state index contributed by atoms with van der Waals surface area (Å²) in [5.41, 5.74) is 5.38. The average molecular weight is 582 g/mol. The van der Waals surface area contributed by atoms with Crippen LogP contribution in [0.3, 0.4) is 0 Å². The van der Waals surface area contributed by atoms with Crippen molar-refractivity contribution in [1.29, 1.82) is 0 Å². The van der Waals surface area contributed by atoms with Gasteiger partial charge in [-0.15, -0.1) is 0 Å².